The first kappa shape index (κ1) is 12.5. The molecule has 2 rings (SSSR count). The van der Waals surface area contributed by atoms with Crippen LogP contribution >= 0.6 is 11.6 Å². The lowest BCUT2D eigenvalue weighted by molar-refractivity contribution is 0.0676. The van der Waals surface area contributed by atoms with Gasteiger partial charge in [0.15, 0.2) is 5.78 Å². The number of morpholine rings is 1. The van der Waals surface area contributed by atoms with Crippen LogP contribution in [0.15, 0.2) is 18.2 Å². The van der Waals surface area contributed by atoms with Gasteiger partial charge in [-0.3, -0.25) is 4.79 Å². The zero-order chi connectivity index (χ0) is 12.3. The van der Waals surface area contributed by atoms with Gasteiger partial charge in [-0.05, 0) is 18.2 Å². The summed E-state index contributed by atoms with van der Waals surface area (Å²) in [4.78, 5) is 11.9. The number of ketones is 1. The van der Waals surface area contributed by atoms with Crippen molar-refractivity contribution in [2.45, 2.75) is 12.5 Å². The average Bonchev–Trinajstić information content (AvgIpc) is 2.30. The minimum atomic E-state index is -0.439. The predicted octanol–water partition coefficient (Wildman–Crippen LogP) is 2.04. The Morgan fingerprint density at radius 3 is 3.06 bits per heavy atom. The quantitative estimate of drug-likeness (QED) is 0.843. The molecule has 5 heteroatoms. The maximum Gasteiger partial charge on any atom is 0.166 e. The van der Waals surface area contributed by atoms with Crippen LogP contribution in [0.5, 0.6) is 0 Å². The number of rotatable bonds is 3. The molecule has 1 N–H and O–H groups in total. The van der Waals surface area contributed by atoms with Crippen LogP contribution in [0.4, 0.5) is 4.39 Å². The van der Waals surface area contributed by atoms with Gasteiger partial charge in [-0.15, -0.1) is 0 Å². The third kappa shape index (κ3) is 3.25. The van der Waals surface area contributed by atoms with E-state index in [2.05, 4.69) is 5.32 Å². The molecule has 1 heterocycles. The van der Waals surface area contributed by atoms with Crippen molar-refractivity contribution >= 4 is 17.4 Å². The van der Waals surface area contributed by atoms with Crippen LogP contribution in [-0.4, -0.2) is 31.6 Å². The minimum absolute atomic E-state index is 0.0115. The summed E-state index contributed by atoms with van der Waals surface area (Å²) in [6.45, 7) is 1.93. The third-order valence-corrected chi connectivity index (χ3v) is 2.97. The largest absolute Gasteiger partial charge is 0.378 e. The van der Waals surface area contributed by atoms with E-state index in [1.165, 1.54) is 12.1 Å². The zero-order valence-corrected chi connectivity index (χ0v) is 9.97. The van der Waals surface area contributed by atoms with Crippen molar-refractivity contribution in [3.05, 3.63) is 34.6 Å². The van der Waals surface area contributed by atoms with E-state index in [1.807, 2.05) is 0 Å². The SMILES string of the molecule is O=C(CC1COCCN1)c1ccc(F)cc1Cl. The van der Waals surface area contributed by atoms with Gasteiger partial charge in [-0.1, -0.05) is 11.6 Å². The van der Waals surface area contributed by atoms with Crippen LogP contribution in [0, 0.1) is 5.82 Å². The molecule has 0 amide bonds. The molecule has 1 unspecified atom stereocenters. The summed E-state index contributed by atoms with van der Waals surface area (Å²) in [6.07, 6.45) is 0.311. The normalized spacial score (nSPS) is 20.2. The van der Waals surface area contributed by atoms with Gasteiger partial charge in [0.05, 0.1) is 18.2 Å². The highest BCUT2D eigenvalue weighted by Gasteiger charge is 2.19. The van der Waals surface area contributed by atoms with E-state index in [0.717, 1.165) is 12.6 Å². The number of benzene rings is 1. The van der Waals surface area contributed by atoms with Gasteiger partial charge in [0.2, 0.25) is 0 Å². The molecular formula is C12H13ClFNO2. The highest BCUT2D eigenvalue weighted by atomic mass is 35.5. The van der Waals surface area contributed by atoms with Crippen molar-refractivity contribution in [1.82, 2.24) is 5.32 Å². The average molecular weight is 258 g/mol. The van der Waals surface area contributed by atoms with Crippen molar-refractivity contribution in [2.24, 2.45) is 0 Å². The van der Waals surface area contributed by atoms with Gasteiger partial charge in [0.25, 0.3) is 0 Å². The van der Waals surface area contributed by atoms with E-state index >= 15 is 0 Å². The first-order valence-electron chi connectivity index (χ1n) is 5.46. The van der Waals surface area contributed by atoms with Crippen molar-refractivity contribution in [2.75, 3.05) is 19.8 Å². The van der Waals surface area contributed by atoms with E-state index in [9.17, 15) is 9.18 Å². The van der Waals surface area contributed by atoms with Crippen molar-refractivity contribution < 1.29 is 13.9 Å². The number of halogens is 2. The molecule has 3 nitrogen and oxygen atoms in total. The smallest absolute Gasteiger partial charge is 0.166 e. The third-order valence-electron chi connectivity index (χ3n) is 2.66. The number of hydrogen-bond acceptors (Lipinski definition) is 3. The zero-order valence-electron chi connectivity index (χ0n) is 9.21. The van der Waals surface area contributed by atoms with E-state index in [-0.39, 0.29) is 16.8 Å². The fourth-order valence-electron chi connectivity index (χ4n) is 1.80. The van der Waals surface area contributed by atoms with Crippen LogP contribution in [0.1, 0.15) is 16.8 Å². The fraction of sp³-hybridized carbons (Fsp3) is 0.417. The lowest BCUT2D eigenvalue weighted by Gasteiger charge is -2.23. The lowest BCUT2D eigenvalue weighted by atomic mass is 10.0. The Morgan fingerprint density at radius 1 is 1.59 bits per heavy atom. The molecule has 0 bridgehead atoms. The Morgan fingerprint density at radius 2 is 2.41 bits per heavy atom. The maximum atomic E-state index is 12.8. The summed E-state index contributed by atoms with van der Waals surface area (Å²) in [6, 6.07) is 3.82. The number of nitrogens with one attached hydrogen (secondary N) is 1. The molecule has 1 atom stereocenters. The first-order chi connectivity index (χ1) is 8.16. The summed E-state index contributed by atoms with van der Waals surface area (Å²) in [5.41, 5.74) is 0.362. The van der Waals surface area contributed by atoms with Gasteiger partial charge in [-0.25, -0.2) is 4.39 Å². The Hall–Kier alpha value is -0.970. The second-order valence-electron chi connectivity index (χ2n) is 3.98. The molecule has 0 spiro atoms. The Bertz CT molecular complexity index is 419. The van der Waals surface area contributed by atoms with Crippen LogP contribution in [0.25, 0.3) is 0 Å². The lowest BCUT2D eigenvalue weighted by Crippen LogP contribution is -2.42. The molecule has 1 aromatic rings. The van der Waals surface area contributed by atoms with Gasteiger partial charge < -0.3 is 10.1 Å². The van der Waals surface area contributed by atoms with Gasteiger partial charge in [-0.2, -0.15) is 0 Å². The van der Waals surface area contributed by atoms with E-state index in [0.29, 0.717) is 25.2 Å². The summed E-state index contributed by atoms with van der Waals surface area (Å²) in [5.74, 6) is -0.538. The second-order valence-corrected chi connectivity index (χ2v) is 4.38. The Kier molecular flexibility index (Phi) is 4.10. The summed E-state index contributed by atoms with van der Waals surface area (Å²) < 4.78 is 18.1. The van der Waals surface area contributed by atoms with Gasteiger partial charge in [0.1, 0.15) is 5.82 Å². The molecule has 92 valence electrons. The molecule has 1 aliphatic rings. The van der Waals surface area contributed by atoms with Crippen LogP contribution < -0.4 is 5.32 Å². The first-order valence-corrected chi connectivity index (χ1v) is 5.84. The topological polar surface area (TPSA) is 38.3 Å². The number of carbonyl (C=O) groups excluding carboxylic acids is 1. The molecule has 17 heavy (non-hydrogen) atoms. The Labute approximate surface area is 104 Å². The molecular weight excluding hydrogens is 245 g/mol. The van der Waals surface area contributed by atoms with Gasteiger partial charge >= 0.3 is 0 Å². The molecule has 1 aromatic carbocycles. The maximum absolute atomic E-state index is 12.8. The van der Waals surface area contributed by atoms with E-state index in [1.54, 1.807) is 0 Å². The van der Waals surface area contributed by atoms with Gasteiger partial charge in [0, 0.05) is 24.6 Å². The van der Waals surface area contributed by atoms with E-state index in [4.69, 9.17) is 16.3 Å². The number of carbonyl (C=O) groups is 1. The molecule has 1 aliphatic heterocycles. The fourth-order valence-corrected chi connectivity index (χ4v) is 2.07. The van der Waals surface area contributed by atoms with Crippen LogP contribution in [0.2, 0.25) is 5.02 Å². The van der Waals surface area contributed by atoms with Crippen molar-refractivity contribution in [3.63, 3.8) is 0 Å². The standard InChI is InChI=1S/C12H13ClFNO2/c13-11-5-8(14)1-2-10(11)12(16)6-9-7-17-4-3-15-9/h1-2,5,9,15H,3-4,6-7H2. The molecule has 0 saturated carbocycles. The number of hydrogen-bond donors (Lipinski definition) is 1. The Balaban J connectivity index is 2.03. The van der Waals surface area contributed by atoms with E-state index < -0.39 is 5.82 Å². The number of Topliss-reactive ketones (excluding diaryl/α,β-unsaturated/α-hetero) is 1. The highest BCUT2D eigenvalue weighted by Crippen LogP contribution is 2.19. The summed E-state index contributed by atoms with van der Waals surface area (Å²) in [5, 5.41) is 3.35. The second kappa shape index (κ2) is 5.58. The molecule has 1 saturated heterocycles. The molecule has 0 aromatic heterocycles. The predicted molar refractivity (Wildman–Crippen MR) is 63.0 cm³/mol. The molecule has 1 fully saturated rings. The number of ether oxygens (including phenoxy) is 1. The minimum Gasteiger partial charge on any atom is -0.378 e. The van der Waals surface area contributed by atoms with Crippen molar-refractivity contribution in [3.8, 4) is 0 Å². The monoisotopic (exact) mass is 257 g/mol. The molecule has 0 radical (unpaired) electrons. The van der Waals surface area contributed by atoms with Crippen molar-refractivity contribution in [1.29, 1.82) is 0 Å². The summed E-state index contributed by atoms with van der Waals surface area (Å²) >= 11 is 5.83. The highest BCUT2D eigenvalue weighted by molar-refractivity contribution is 6.34. The van der Waals surface area contributed by atoms with Crippen LogP contribution in [-0.2, 0) is 4.74 Å². The summed E-state index contributed by atoms with van der Waals surface area (Å²) in [7, 11) is 0. The molecule has 0 aliphatic carbocycles. The van der Waals surface area contributed by atoms with Crippen LogP contribution in [0.3, 0.4) is 0 Å².